The van der Waals surface area contributed by atoms with Gasteiger partial charge in [-0.05, 0) is 54.1 Å². The second kappa shape index (κ2) is 12.9. The van der Waals surface area contributed by atoms with E-state index in [-0.39, 0.29) is 18.4 Å². The summed E-state index contributed by atoms with van der Waals surface area (Å²) in [5.74, 6) is 0.418. The molecular weight excluding hydrogens is 418 g/mol. The lowest BCUT2D eigenvalue weighted by Gasteiger charge is -2.10. The quantitative estimate of drug-likeness (QED) is 0.368. The molecule has 0 radical (unpaired) electrons. The Morgan fingerprint density at radius 1 is 0.818 bits per heavy atom. The van der Waals surface area contributed by atoms with E-state index >= 15 is 0 Å². The topological polar surface area (TPSA) is 88.7 Å². The van der Waals surface area contributed by atoms with Crippen LogP contribution in [-0.4, -0.2) is 45.2 Å². The number of hydrogen-bond acceptors (Lipinski definition) is 5. The summed E-state index contributed by atoms with van der Waals surface area (Å²) in [5, 5.41) is 8.65. The molecule has 172 valence electrons. The molecule has 0 unspecified atom stereocenters. The molecule has 0 bridgehead atoms. The third-order valence-corrected chi connectivity index (χ3v) is 4.83. The highest BCUT2D eigenvalue weighted by atomic mass is 16.5. The average Bonchev–Trinajstić information content (AvgIpc) is 2.85. The van der Waals surface area contributed by atoms with E-state index in [0.29, 0.717) is 31.0 Å². The van der Waals surface area contributed by atoms with Gasteiger partial charge in [-0.15, -0.1) is 0 Å². The van der Waals surface area contributed by atoms with Gasteiger partial charge in [0.1, 0.15) is 5.75 Å². The smallest absolute Gasteiger partial charge is 0.251 e. The Bertz CT molecular complexity index is 1010. The molecule has 0 fully saturated rings. The Morgan fingerprint density at radius 3 is 2.21 bits per heavy atom. The Kier molecular flexibility index (Phi) is 9.29. The fraction of sp³-hybridized carbons (Fsp3) is 0.231. The maximum Gasteiger partial charge on any atom is 0.251 e. The summed E-state index contributed by atoms with van der Waals surface area (Å²) in [6.07, 6.45) is 0.848. The van der Waals surface area contributed by atoms with E-state index in [9.17, 15) is 9.59 Å². The lowest BCUT2D eigenvalue weighted by atomic mass is 10.2. The maximum absolute atomic E-state index is 12.2. The average molecular weight is 448 g/mol. The molecule has 0 aliphatic rings. The third-order valence-electron chi connectivity index (χ3n) is 4.83. The summed E-state index contributed by atoms with van der Waals surface area (Å²) < 4.78 is 10.7. The zero-order valence-corrected chi connectivity index (χ0v) is 18.7. The van der Waals surface area contributed by atoms with Crippen LogP contribution in [0.15, 0.2) is 78.9 Å². The van der Waals surface area contributed by atoms with Crippen molar-refractivity contribution in [2.45, 2.75) is 6.42 Å². The first kappa shape index (κ1) is 23.8. The minimum Gasteiger partial charge on any atom is -0.493 e. The van der Waals surface area contributed by atoms with Crippen molar-refractivity contribution in [2.24, 2.45) is 0 Å². The SMILES string of the molecule is COCCNC(=O)c1ccc(NC(=O)CNc2ccc(OCCc3ccccc3)cc2)cc1. The molecule has 3 aromatic carbocycles. The van der Waals surface area contributed by atoms with Crippen LogP contribution in [0.3, 0.4) is 0 Å². The number of benzene rings is 3. The van der Waals surface area contributed by atoms with Gasteiger partial charge < -0.3 is 25.4 Å². The molecule has 0 saturated heterocycles. The van der Waals surface area contributed by atoms with E-state index in [4.69, 9.17) is 9.47 Å². The normalized spacial score (nSPS) is 10.3. The standard InChI is InChI=1S/C26H29N3O4/c1-32-18-16-27-26(31)21-7-9-23(10-8-21)29-25(30)19-28-22-11-13-24(14-12-22)33-17-15-20-5-3-2-4-6-20/h2-14,28H,15-19H2,1H3,(H,27,31)(H,29,30). The molecule has 33 heavy (non-hydrogen) atoms. The molecule has 3 rings (SSSR count). The first-order chi connectivity index (χ1) is 16.1. The molecule has 0 atom stereocenters. The molecule has 0 aliphatic carbocycles. The maximum atomic E-state index is 12.2. The molecular formula is C26H29N3O4. The highest BCUT2D eigenvalue weighted by molar-refractivity contribution is 5.96. The summed E-state index contributed by atoms with van der Waals surface area (Å²) in [5.41, 5.74) is 3.20. The predicted molar refractivity (Wildman–Crippen MR) is 130 cm³/mol. The number of hydrogen-bond donors (Lipinski definition) is 3. The monoisotopic (exact) mass is 447 g/mol. The number of ether oxygens (including phenoxy) is 2. The Hall–Kier alpha value is -3.84. The van der Waals surface area contributed by atoms with Crippen molar-refractivity contribution >= 4 is 23.2 Å². The zero-order valence-electron chi connectivity index (χ0n) is 18.7. The predicted octanol–water partition coefficient (Wildman–Crippen LogP) is 3.73. The van der Waals surface area contributed by atoms with Gasteiger partial charge in [0.05, 0.1) is 19.8 Å². The van der Waals surface area contributed by atoms with Gasteiger partial charge in [0.15, 0.2) is 0 Å². The van der Waals surface area contributed by atoms with Crippen LogP contribution in [0.25, 0.3) is 0 Å². The molecule has 3 aromatic rings. The van der Waals surface area contributed by atoms with Crippen LogP contribution in [0.2, 0.25) is 0 Å². The van der Waals surface area contributed by atoms with Crippen LogP contribution in [0.4, 0.5) is 11.4 Å². The molecule has 0 aliphatic heterocycles. The second-order valence-electron chi connectivity index (χ2n) is 7.34. The number of amides is 2. The molecule has 0 spiro atoms. The summed E-state index contributed by atoms with van der Waals surface area (Å²) in [7, 11) is 1.58. The molecule has 3 N–H and O–H groups in total. The van der Waals surface area contributed by atoms with Gasteiger partial charge in [0.2, 0.25) is 5.91 Å². The van der Waals surface area contributed by atoms with Crippen LogP contribution in [-0.2, 0) is 16.0 Å². The van der Waals surface area contributed by atoms with Gasteiger partial charge in [0, 0.05) is 37.0 Å². The zero-order chi connectivity index (χ0) is 23.3. The Morgan fingerprint density at radius 2 is 1.52 bits per heavy atom. The van der Waals surface area contributed by atoms with Crippen molar-refractivity contribution in [2.75, 3.05) is 44.0 Å². The van der Waals surface area contributed by atoms with Crippen LogP contribution >= 0.6 is 0 Å². The number of methoxy groups -OCH3 is 1. The van der Waals surface area contributed by atoms with Crippen molar-refractivity contribution < 1.29 is 19.1 Å². The van der Waals surface area contributed by atoms with Gasteiger partial charge in [-0.25, -0.2) is 0 Å². The van der Waals surface area contributed by atoms with E-state index in [0.717, 1.165) is 17.9 Å². The number of anilines is 2. The number of carbonyl (C=O) groups is 2. The summed E-state index contributed by atoms with van der Waals surface area (Å²) in [6, 6.07) is 24.4. The van der Waals surface area contributed by atoms with Crippen LogP contribution in [0, 0.1) is 0 Å². The fourth-order valence-electron chi connectivity index (χ4n) is 3.06. The van der Waals surface area contributed by atoms with E-state index in [1.165, 1.54) is 5.56 Å². The Balaban J connectivity index is 1.38. The van der Waals surface area contributed by atoms with Crippen molar-refractivity contribution in [3.63, 3.8) is 0 Å². The number of nitrogens with one attached hydrogen (secondary N) is 3. The molecule has 7 nitrogen and oxygen atoms in total. The van der Waals surface area contributed by atoms with E-state index < -0.39 is 0 Å². The lowest BCUT2D eigenvalue weighted by molar-refractivity contribution is -0.114. The molecule has 0 saturated carbocycles. The van der Waals surface area contributed by atoms with E-state index in [1.807, 2.05) is 42.5 Å². The third kappa shape index (κ3) is 8.31. The van der Waals surface area contributed by atoms with Crippen LogP contribution in [0.5, 0.6) is 5.75 Å². The molecule has 7 heteroatoms. The summed E-state index contributed by atoms with van der Waals surface area (Å²) in [4.78, 5) is 24.2. The fourth-order valence-corrected chi connectivity index (χ4v) is 3.06. The second-order valence-corrected chi connectivity index (χ2v) is 7.34. The van der Waals surface area contributed by atoms with Gasteiger partial charge in [-0.1, -0.05) is 30.3 Å². The molecule has 0 aromatic heterocycles. The first-order valence-electron chi connectivity index (χ1n) is 10.8. The van der Waals surface area contributed by atoms with Crippen molar-refractivity contribution in [1.82, 2.24) is 5.32 Å². The lowest BCUT2D eigenvalue weighted by Crippen LogP contribution is -2.27. The first-order valence-corrected chi connectivity index (χ1v) is 10.8. The van der Waals surface area contributed by atoms with E-state index in [1.54, 1.807) is 31.4 Å². The molecule has 0 heterocycles. The summed E-state index contributed by atoms with van der Waals surface area (Å²) >= 11 is 0. The minimum atomic E-state index is -0.185. The van der Waals surface area contributed by atoms with Crippen LogP contribution in [0.1, 0.15) is 15.9 Å². The van der Waals surface area contributed by atoms with Gasteiger partial charge >= 0.3 is 0 Å². The number of rotatable bonds is 12. The van der Waals surface area contributed by atoms with Gasteiger partial charge in [-0.3, -0.25) is 9.59 Å². The molecule has 2 amide bonds. The van der Waals surface area contributed by atoms with Gasteiger partial charge in [0.25, 0.3) is 5.91 Å². The van der Waals surface area contributed by atoms with Crippen molar-refractivity contribution in [3.8, 4) is 5.75 Å². The van der Waals surface area contributed by atoms with Crippen molar-refractivity contribution in [1.29, 1.82) is 0 Å². The van der Waals surface area contributed by atoms with Crippen molar-refractivity contribution in [3.05, 3.63) is 90.0 Å². The number of carbonyl (C=O) groups excluding carboxylic acids is 2. The largest absolute Gasteiger partial charge is 0.493 e. The Labute approximate surface area is 194 Å². The minimum absolute atomic E-state index is 0.119. The highest BCUT2D eigenvalue weighted by Crippen LogP contribution is 2.16. The highest BCUT2D eigenvalue weighted by Gasteiger charge is 2.07. The van der Waals surface area contributed by atoms with Gasteiger partial charge in [-0.2, -0.15) is 0 Å². The van der Waals surface area contributed by atoms with E-state index in [2.05, 4.69) is 28.1 Å². The summed E-state index contributed by atoms with van der Waals surface area (Å²) in [6.45, 7) is 1.62. The van der Waals surface area contributed by atoms with Crippen LogP contribution < -0.4 is 20.7 Å².